The fourth-order valence-electron chi connectivity index (χ4n) is 2.95. The van der Waals surface area contributed by atoms with E-state index in [1.807, 2.05) is 30.3 Å². The summed E-state index contributed by atoms with van der Waals surface area (Å²) in [6.07, 6.45) is 2.60. The van der Waals surface area contributed by atoms with Gasteiger partial charge < -0.3 is 10.2 Å². The number of benzene rings is 1. The molecular weight excluding hydrogens is 278 g/mol. The number of hydrogen-bond donors (Lipinski definition) is 1. The largest absolute Gasteiger partial charge is 0.357 e. The fourth-order valence-corrected chi connectivity index (χ4v) is 2.95. The van der Waals surface area contributed by atoms with Crippen LogP contribution in [0.4, 0.5) is 0 Å². The van der Waals surface area contributed by atoms with Crippen LogP contribution < -0.4 is 5.32 Å². The average Bonchev–Trinajstić information content (AvgIpc) is 2.60. The van der Waals surface area contributed by atoms with E-state index in [-0.39, 0.29) is 17.9 Å². The van der Waals surface area contributed by atoms with Crippen molar-refractivity contribution in [1.82, 2.24) is 15.2 Å². The van der Waals surface area contributed by atoms with Crippen LogP contribution in [0.15, 0.2) is 36.4 Å². The molecule has 0 saturated carbocycles. The molecule has 5 nitrogen and oxygen atoms in total. The summed E-state index contributed by atoms with van der Waals surface area (Å²) in [6, 6.07) is 10.9. The highest BCUT2D eigenvalue weighted by Crippen LogP contribution is 2.20. The van der Waals surface area contributed by atoms with E-state index in [0.717, 1.165) is 23.7 Å². The van der Waals surface area contributed by atoms with Crippen molar-refractivity contribution < 1.29 is 9.59 Å². The van der Waals surface area contributed by atoms with Crippen molar-refractivity contribution in [1.29, 1.82) is 0 Å². The van der Waals surface area contributed by atoms with Crippen LogP contribution in [0.3, 0.4) is 0 Å². The predicted octanol–water partition coefficient (Wildman–Crippen LogP) is 1.98. The Morgan fingerprint density at radius 2 is 2.00 bits per heavy atom. The summed E-state index contributed by atoms with van der Waals surface area (Å²) >= 11 is 0. The first-order valence-corrected chi connectivity index (χ1v) is 7.59. The molecule has 0 aliphatic carbocycles. The summed E-state index contributed by atoms with van der Waals surface area (Å²) in [7, 11) is 1.61. The molecule has 22 heavy (non-hydrogen) atoms. The summed E-state index contributed by atoms with van der Waals surface area (Å²) in [5, 5.41) is 3.65. The predicted molar refractivity (Wildman–Crippen MR) is 84.5 cm³/mol. The van der Waals surface area contributed by atoms with Gasteiger partial charge >= 0.3 is 0 Å². The molecule has 1 aromatic heterocycles. The van der Waals surface area contributed by atoms with Crippen LogP contribution in [0.2, 0.25) is 0 Å². The molecule has 2 aromatic rings. The van der Waals surface area contributed by atoms with Crippen LogP contribution in [0.1, 0.15) is 29.8 Å². The second-order valence-electron chi connectivity index (χ2n) is 5.51. The zero-order chi connectivity index (χ0) is 15.5. The molecule has 0 radical (unpaired) electrons. The number of likely N-dealkylation sites (N-methyl/N-ethyl adjacent to an activating group) is 1. The molecule has 1 atom stereocenters. The Bertz CT molecular complexity index is 714. The number of aromatic nitrogens is 1. The molecule has 0 spiro atoms. The third kappa shape index (κ3) is 2.66. The normalized spacial score (nSPS) is 18.2. The number of pyridine rings is 1. The number of hydrogen-bond acceptors (Lipinski definition) is 3. The molecule has 1 aliphatic rings. The summed E-state index contributed by atoms with van der Waals surface area (Å²) in [4.78, 5) is 30.9. The first-order chi connectivity index (χ1) is 10.7. The van der Waals surface area contributed by atoms with Crippen molar-refractivity contribution in [3.8, 4) is 0 Å². The minimum absolute atomic E-state index is 0.103. The highest BCUT2D eigenvalue weighted by atomic mass is 16.2. The van der Waals surface area contributed by atoms with Gasteiger partial charge in [-0.15, -0.1) is 0 Å². The Balaban J connectivity index is 1.91. The van der Waals surface area contributed by atoms with Crippen molar-refractivity contribution in [3.63, 3.8) is 0 Å². The van der Waals surface area contributed by atoms with E-state index >= 15 is 0 Å². The van der Waals surface area contributed by atoms with Crippen molar-refractivity contribution in [2.75, 3.05) is 13.6 Å². The smallest absolute Gasteiger partial charge is 0.273 e. The topological polar surface area (TPSA) is 62.3 Å². The van der Waals surface area contributed by atoms with Crippen LogP contribution in [-0.2, 0) is 4.79 Å². The van der Waals surface area contributed by atoms with Crippen molar-refractivity contribution in [2.24, 2.45) is 0 Å². The third-order valence-corrected chi connectivity index (χ3v) is 4.13. The van der Waals surface area contributed by atoms with Crippen molar-refractivity contribution >= 4 is 22.7 Å². The number of carbonyl (C=O) groups excluding carboxylic acids is 2. The van der Waals surface area contributed by atoms with Gasteiger partial charge in [-0.1, -0.05) is 24.3 Å². The van der Waals surface area contributed by atoms with Gasteiger partial charge in [0.25, 0.3) is 5.91 Å². The van der Waals surface area contributed by atoms with E-state index in [9.17, 15) is 9.59 Å². The quantitative estimate of drug-likeness (QED) is 0.922. The van der Waals surface area contributed by atoms with Crippen molar-refractivity contribution in [3.05, 3.63) is 42.1 Å². The number of nitrogens with zero attached hydrogens (tertiary/aromatic N) is 2. The molecule has 0 bridgehead atoms. The lowest BCUT2D eigenvalue weighted by molar-refractivity contribution is -0.126. The number of rotatable bonds is 2. The Labute approximate surface area is 129 Å². The SMILES string of the molecule is CNC(=O)[C@H]1CCCCN1C(=O)c1ccc2ccccc2n1. The summed E-state index contributed by atoms with van der Waals surface area (Å²) in [6.45, 7) is 0.603. The van der Waals surface area contributed by atoms with Crippen LogP contribution in [0.25, 0.3) is 10.9 Å². The molecule has 1 saturated heterocycles. The standard InChI is InChI=1S/C17H19N3O2/c1-18-16(21)15-8-4-5-11-20(15)17(22)14-10-9-12-6-2-3-7-13(12)19-14/h2-3,6-7,9-10,15H,4-5,8,11H2,1H3,(H,18,21)/t15-/m1/s1. The van der Waals surface area contributed by atoms with Gasteiger partial charge in [-0.05, 0) is 31.4 Å². The molecule has 0 unspecified atom stereocenters. The van der Waals surface area contributed by atoms with Gasteiger partial charge in [-0.25, -0.2) is 4.98 Å². The van der Waals surface area contributed by atoms with Gasteiger partial charge in [0.2, 0.25) is 5.91 Å². The molecule has 1 fully saturated rings. The first kappa shape index (κ1) is 14.5. The van der Waals surface area contributed by atoms with E-state index in [2.05, 4.69) is 10.3 Å². The van der Waals surface area contributed by atoms with Gasteiger partial charge in [-0.3, -0.25) is 9.59 Å². The zero-order valence-corrected chi connectivity index (χ0v) is 12.6. The van der Waals surface area contributed by atoms with E-state index in [0.29, 0.717) is 18.7 Å². The number of nitrogens with one attached hydrogen (secondary N) is 1. The van der Waals surface area contributed by atoms with Gasteiger partial charge in [0.05, 0.1) is 5.52 Å². The number of fused-ring (bicyclic) bond motifs is 1. The van der Waals surface area contributed by atoms with Crippen LogP contribution >= 0.6 is 0 Å². The van der Waals surface area contributed by atoms with E-state index in [4.69, 9.17) is 0 Å². The van der Waals surface area contributed by atoms with Crippen LogP contribution in [-0.4, -0.2) is 41.3 Å². The number of piperidine rings is 1. The minimum atomic E-state index is -0.389. The Morgan fingerprint density at radius 1 is 1.18 bits per heavy atom. The maximum atomic E-state index is 12.8. The van der Waals surface area contributed by atoms with E-state index < -0.39 is 0 Å². The number of carbonyl (C=O) groups is 2. The van der Waals surface area contributed by atoms with Gasteiger partial charge in [0.15, 0.2) is 0 Å². The molecule has 2 heterocycles. The zero-order valence-electron chi connectivity index (χ0n) is 12.6. The first-order valence-electron chi connectivity index (χ1n) is 7.59. The van der Waals surface area contributed by atoms with Crippen molar-refractivity contribution in [2.45, 2.75) is 25.3 Å². The van der Waals surface area contributed by atoms with Gasteiger partial charge in [0.1, 0.15) is 11.7 Å². The second kappa shape index (κ2) is 6.13. The molecule has 3 rings (SSSR count). The number of amides is 2. The molecular formula is C17H19N3O2. The molecule has 1 aromatic carbocycles. The monoisotopic (exact) mass is 297 g/mol. The Kier molecular flexibility index (Phi) is 4.04. The Hall–Kier alpha value is -2.43. The Morgan fingerprint density at radius 3 is 2.82 bits per heavy atom. The highest BCUT2D eigenvalue weighted by Gasteiger charge is 2.32. The highest BCUT2D eigenvalue weighted by molar-refractivity contribution is 5.98. The minimum Gasteiger partial charge on any atom is -0.357 e. The molecule has 1 aliphatic heterocycles. The fraction of sp³-hybridized carbons (Fsp3) is 0.353. The third-order valence-electron chi connectivity index (χ3n) is 4.13. The van der Waals surface area contributed by atoms with Crippen LogP contribution in [0, 0.1) is 0 Å². The summed E-state index contributed by atoms with van der Waals surface area (Å²) < 4.78 is 0. The molecule has 5 heteroatoms. The second-order valence-corrected chi connectivity index (χ2v) is 5.51. The maximum Gasteiger partial charge on any atom is 0.273 e. The molecule has 114 valence electrons. The van der Waals surface area contributed by atoms with Gasteiger partial charge in [0, 0.05) is 19.0 Å². The lowest BCUT2D eigenvalue weighted by atomic mass is 10.0. The number of likely N-dealkylation sites (tertiary alicyclic amines) is 1. The van der Waals surface area contributed by atoms with E-state index in [1.165, 1.54) is 0 Å². The average molecular weight is 297 g/mol. The van der Waals surface area contributed by atoms with E-state index in [1.54, 1.807) is 18.0 Å². The van der Waals surface area contributed by atoms with Crippen LogP contribution in [0.5, 0.6) is 0 Å². The van der Waals surface area contributed by atoms with Gasteiger partial charge in [-0.2, -0.15) is 0 Å². The lowest BCUT2D eigenvalue weighted by Crippen LogP contribution is -2.51. The summed E-state index contributed by atoms with van der Waals surface area (Å²) in [5.74, 6) is -0.270. The summed E-state index contributed by atoms with van der Waals surface area (Å²) in [5.41, 5.74) is 1.19. The lowest BCUT2D eigenvalue weighted by Gasteiger charge is -2.34. The molecule has 1 N–H and O–H groups in total. The maximum absolute atomic E-state index is 12.8. The number of para-hydroxylation sites is 1. The molecule has 2 amide bonds.